The van der Waals surface area contributed by atoms with Crippen LogP contribution in [0.4, 0.5) is 0 Å². The van der Waals surface area contributed by atoms with Gasteiger partial charge in [-0.15, -0.1) is 0 Å². The van der Waals surface area contributed by atoms with Crippen LogP contribution in [0.15, 0.2) is 22.4 Å². The lowest BCUT2D eigenvalue weighted by Gasteiger charge is -2.07. The van der Waals surface area contributed by atoms with Gasteiger partial charge in [0.05, 0.1) is 5.57 Å². The molecule has 1 atom stereocenters. The Kier molecular flexibility index (Phi) is 5.61. The maximum Gasteiger partial charge on any atom is 0.340 e. The first-order valence-electron chi connectivity index (χ1n) is 5.07. The van der Waals surface area contributed by atoms with Crippen LogP contribution in [0, 0.1) is 0 Å². The van der Waals surface area contributed by atoms with E-state index in [1.165, 1.54) is 12.8 Å². The lowest BCUT2D eigenvalue weighted by molar-refractivity contribution is -0.133. The summed E-state index contributed by atoms with van der Waals surface area (Å²) in [7, 11) is 0. The Hall–Kier alpha value is -0.0900. The van der Waals surface area contributed by atoms with Gasteiger partial charge in [0.15, 0.2) is 0 Å². The predicted molar refractivity (Wildman–Crippen MR) is 68.0 cm³/mol. The quantitative estimate of drug-likeness (QED) is 0.430. The summed E-state index contributed by atoms with van der Waals surface area (Å²) in [4.78, 5) is 13.2. The number of allylic oxidation sites excluding steroid dienone is 1. The zero-order valence-corrected chi connectivity index (χ0v) is 11.8. The van der Waals surface area contributed by atoms with Crippen LogP contribution < -0.4 is 0 Å². The predicted octanol–water partition coefficient (Wildman–Crippen LogP) is 4.05. The van der Waals surface area contributed by atoms with Crippen molar-refractivity contribution in [3.05, 3.63) is 22.4 Å². The second kappa shape index (κ2) is 6.48. The van der Waals surface area contributed by atoms with Gasteiger partial charge in [0.1, 0.15) is 5.76 Å². The molecule has 1 aliphatic rings. The molecular weight excluding hydrogens is 324 g/mol. The van der Waals surface area contributed by atoms with Crippen molar-refractivity contribution < 1.29 is 9.53 Å². The third kappa shape index (κ3) is 3.76. The molecule has 0 fully saturated rings. The zero-order chi connectivity index (χ0) is 11.3. The topological polar surface area (TPSA) is 26.3 Å². The normalized spacial score (nSPS) is 20.3. The largest absolute Gasteiger partial charge is 0.423 e. The number of carbonyl (C=O) groups is 1. The second-order valence-corrected chi connectivity index (χ2v) is 5.03. The Balaban J connectivity index is 2.52. The van der Waals surface area contributed by atoms with E-state index in [2.05, 4.69) is 38.8 Å². The van der Waals surface area contributed by atoms with E-state index in [4.69, 9.17) is 4.74 Å². The number of halogens is 2. The van der Waals surface area contributed by atoms with Crippen LogP contribution in [0.25, 0.3) is 0 Å². The monoisotopic (exact) mass is 336 g/mol. The van der Waals surface area contributed by atoms with Gasteiger partial charge < -0.3 is 4.74 Å². The summed E-state index contributed by atoms with van der Waals surface area (Å²) in [5.41, 5.74) is 0.719. The number of ether oxygens (including phenoxy) is 1. The number of unbranched alkanes of at least 4 members (excludes halogenated alkanes) is 2. The first kappa shape index (κ1) is 13.0. The highest BCUT2D eigenvalue weighted by Gasteiger charge is 2.26. The fourth-order valence-corrected chi connectivity index (χ4v) is 2.28. The Morgan fingerprint density at radius 1 is 1.53 bits per heavy atom. The molecule has 1 rings (SSSR count). The van der Waals surface area contributed by atoms with Gasteiger partial charge in [-0.1, -0.05) is 58.0 Å². The second-order valence-electron chi connectivity index (χ2n) is 3.46. The smallest absolute Gasteiger partial charge is 0.340 e. The highest BCUT2D eigenvalue weighted by Crippen LogP contribution is 2.27. The standard InChI is InChI=1S/C11H14Br2O2/c1-2-3-4-5-10(13)9-6-8(7-12)15-11(9)14/h6-7,10H,2-5H2,1H3/b8-7+. The van der Waals surface area contributed by atoms with Crippen LogP contribution in [0.1, 0.15) is 32.6 Å². The molecule has 1 heterocycles. The summed E-state index contributed by atoms with van der Waals surface area (Å²) >= 11 is 6.67. The summed E-state index contributed by atoms with van der Waals surface area (Å²) in [6, 6.07) is 0. The van der Waals surface area contributed by atoms with Crippen LogP contribution in [0.5, 0.6) is 0 Å². The highest BCUT2D eigenvalue weighted by molar-refractivity contribution is 9.11. The van der Waals surface area contributed by atoms with Crippen LogP contribution >= 0.6 is 31.9 Å². The number of hydrogen-bond donors (Lipinski definition) is 0. The van der Waals surface area contributed by atoms with Gasteiger partial charge in [0, 0.05) is 9.81 Å². The van der Waals surface area contributed by atoms with Gasteiger partial charge in [0.25, 0.3) is 0 Å². The molecule has 4 heteroatoms. The minimum Gasteiger partial charge on any atom is -0.423 e. The molecule has 1 aliphatic heterocycles. The highest BCUT2D eigenvalue weighted by atomic mass is 79.9. The molecule has 0 spiro atoms. The molecule has 0 saturated carbocycles. The van der Waals surface area contributed by atoms with E-state index in [1.807, 2.05) is 0 Å². The third-order valence-corrected chi connectivity index (χ3v) is 3.65. The average molecular weight is 338 g/mol. The maximum absolute atomic E-state index is 11.4. The van der Waals surface area contributed by atoms with Crippen molar-refractivity contribution in [2.75, 3.05) is 0 Å². The van der Waals surface area contributed by atoms with Crippen LogP contribution in [0.2, 0.25) is 0 Å². The van der Waals surface area contributed by atoms with Crippen molar-refractivity contribution in [2.24, 2.45) is 0 Å². The molecule has 0 amide bonds. The number of carbonyl (C=O) groups excluding carboxylic acids is 1. The molecule has 84 valence electrons. The van der Waals surface area contributed by atoms with Gasteiger partial charge in [-0.2, -0.15) is 0 Å². The van der Waals surface area contributed by atoms with Crippen LogP contribution in [-0.4, -0.2) is 10.8 Å². The van der Waals surface area contributed by atoms with E-state index in [0.717, 1.165) is 18.4 Å². The summed E-state index contributed by atoms with van der Waals surface area (Å²) in [5, 5.41) is 0. The molecule has 0 aromatic rings. The Bertz CT molecular complexity index is 295. The van der Waals surface area contributed by atoms with Gasteiger partial charge in [0.2, 0.25) is 0 Å². The number of esters is 1. The SMILES string of the molecule is CCCCCC(Br)C1=C/C(=C\Br)OC1=O. The first-order valence-corrected chi connectivity index (χ1v) is 6.90. The summed E-state index contributed by atoms with van der Waals surface area (Å²) < 4.78 is 5.00. The minimum absolute atomic E-state index is 0.112. The Labute approximate surface area is 107 Å². The summed E-state index contributed by atoms with van der Waals surface area (Å²) in [6.45, 7) is 2.16. The van der Waals surface area contributed by atoms with Gasteiger partial charge in [-0.25, -0.2) is 4.79 Å². The van der Waals surface area contributed by atoms with Crippen LogP contribution in [0.3, 0.4) is 0 Å². The molecule has 0 aromatic heterocycles. The molecule has 0 aliphatic carbocycles. The number of alkyl halides is 1. The lowest BCUT2D eigenvalue weighted by atomic mass is 10.1. The molecule has 0 saturated heterocycles. The van der Waals surface area contributed by atoms with Crippen LogP contribution in [-0.2, 0) is 9.53 Å². The van der Waals surface area contributed by atoms with Crippen molar-refractivity contribution in [1.29, 1.82) is 0 Å². The van der Waals surface area contributed by atoms with Gasteiger partial charge in [-0.05, 0) is 12.5 Å². The summed E-state index contributed by atoms with van der Waals surface area (Å²) in [6.07, 6.45) is 6.28. The van der Waals surface area contributed by atoms with E-state index >= 15 is 0 Å². The van der Waals surface area contributed by atoms with Crippen molar-refractivity contribution in [2.45, 2.75) is 37.4 Å². The molecule has 1 unspecified atom stereocenters. The summed E-state index contributed by atoms with van der Waals surface area (Å²) in [5.74, 6) is 0.342. The van der Waals surface area contributed by atoms with E-state index in [1.54, 1.807) is 11.1 Å². The van der Waals surface area contributed by atoms with E-state index < -0.39 is 0 Å². The Morgan fingerprint density at radius 2 is 2.27 bits per heavy atom. The maximum atomic E-state index is 11.4. The van der Waals surface area contributed by atoms with Crippen molar-refractivity contribution in [3.8, 4) is 0 Å². The first-order chi connectivity index (χ1) is 7.19. The van der Waals surface area contributed by atoms with Gasteiger partial charge in [-0.3, -0.25) is 0 Å². The molecule has 0 N–H and O–H groups in total. The van der Waals surface area contributed by atoms with E-state index in [-0.39, 0.29) is 10.8 Å². The molecule has 0 radical (unpaired) electrons. The molecule has 0 bridgehead atoms. The third-order valence-electron chi connectivity index (χ3n) is 2.25. The lowest BCUT2D eigenvalue weighted by Crippen LogP contribution is -2.09. The van der Waals surface area contributed by atoms with Gasteiger partial charge >= 0.3 is 5.97 Å². The fourth-order valence-electron chi connectivity index (χ4n) is 1.41. The number of rotatable bonds is 5. The molecule has 2 nitrogen and oxygen atoms in total. The van der Waals surface area contributed by atoms with Crippen molar-refractivity contribution in [3.63, 3.8) is 0 Å². The van der Waals surface area contributed by atoms with Crippen molar-refractivity contribution in [1.82, 2.24) is 0 Å². The molecule has 0 aromatic carbocycles. The number of cyclic esters (lactones) is 1. The Morgan fingerprint density at radius 3 is 2.80 bits per heavy atom. The van der Waals surface area contributed by atoms with Crippen molar-refractivity contribution >= 4 is 37.8 Å². The minimum atomic E-state index is -0.237. The average Bonchev–Trinajstić information content (AvgIpc) is 2.60. The van der Waals surface area contributed by atoms with E-state index in [9.17, 15) is 4.79 Å². The fraction of sp³-hybridized carbons (Fsp3) is 0.545. The van der Waals surface area contributed by atoms with E-state index in [0.29, 0.717) is 5.76 Å². The zero-order valence-electron chi connectivity index (χ0n) is 8.63. The molecular formula is C11H14Br2O2. The number of hydrogen-bond acceptors (Lipinski definition) is 2. The molecule has 15 heavy (non-hydrogen) atoms.